The molecule has 0 fully saturated rings. The lowest BCUT2D eigenvalue weighted by atomic mass is 10.1. The van der Waals surface area contributed by atoms with Gasteiger partial charge in [-0.2, -0.15) is 0 Å². The summed E-state index contributed by atoms with van der Waals surface area (Å²) >= 11 is 0. The zero-order chi connectivity index (χ0) is 13.0. The molecule has 1 aromatic carbocycles. The number of hydrogen-bond donors (Lipinski definition) is 2. The van der Waals surface area contributed by atoms with E-state index in [1.807, 2.05) is 6.92 Å². The SMILES string of the molecule is Cc1c(NC=O)cccc1NC(=O)c1ccco1. The summed E-state index contributed by atoms with van der Waals surface area (Å²) in [7, 11) is 0. The second-order valence-electron chi connectivity index (χ2n) is 3.67. The monoisotopic (exact) mass is 244 g/mol. The number of rotatable bonds is 4. The van der Waals surface area contributed by atoms with Crippen molar-refractivity contribution in [1.29, 1.82) is 0 Å². The van der Waals surface area contributed by atoms with E-state index >= 15 is 0 Å². The van der Waals surface area contributed by atoms with Crippen molar-refractivity contribution in [3.8, 4) is 0 Å². The third-order valence-electron chi connectivity index (χ3n) is 2.54. The van der Waals surface area contributed by atoms with E-state index in [0.717, 1.165) is 5.56 Å². The molecule has 0 aliphatic carbocycles. The van der Waals surface area contributed by atoms with Gasteiger partial charge in [0, 0.05) is 11.4 Å². The van der Waals surface area contributed by atoms with E-state index < -0.39 is 0 Å². The van der Waals surface area contributed by atoms with Gasteiger partial charge in [-0.05, 0) is 36.8 Å². The summed E-state index contributed by atoms with van der Waals surface area (Å²) in [5.74, 6) is -0.0884. The average molecular weight is 244 g/mol. The molecule has 0 bridgehead atoms. The first-order valence-corrected chi connectivity index (χ1v) is 5.37. The molecule has 2 N–H and O–H groups in total. The molecule has 5 heteroatoms. The lowest BCUT2D eigenvalue weighted by Crippen LogP contribution is -2.12. The molecular weight excluding hydrogens is 232 g/mol. The number of anilines is 2. The molecule has 0 saturated carbocycles. The standard InChI is InChI=1S/C13H12N2O3/c1-9-10(14-8-16)4-2-5-11(9)15-13(17)12-6-3-7-18-12/h2-8H,1H3,(H,14,16)(H,15,17). The molecule has 1 aromatic heterocycles. The van der Waals surface area contributed by atoms with Gasteiger partial charge in [-0.15, -0.1) is 0 Å². The maximum Gasteiger partial charge on any atom is 0.291 e. The van der Waals surface area contributed by atoms with Crippen LogP contribution in [-0.4, -0.2) is 12.3 Å². The summed E-state index contributed by atoms with van der Waals surface area (Å²) < 4.78 is 5.00. The Hall–Kier alpha value is -2.56. The number of hydrogen-bond acceptors (Lipinski definition) is 3. The van der Waals surface area contributed by atoms with Gasteiger partial charge in [0.1, 0.15) is 0 Å². The van der Waals surface area contributed by atoms with Crippen LogP contribution < -0.4 is 10.6 Å². The average Bonchev–Trinajstić information content (AvgIpc) is 2.88. The Morgan fingerprint density at radius 1 is 1.22 bits per heavy atom. The van der Waals surface area contributed by atoms with Crippen LogP contribution in [0.25, 0.3) is 0 Å². The van der Waals surface area contributed by atoms with Crippen molar-refractivity contribution >= 4 is 23.7 Å². The Labute approximate surface area is 104 Å². The van der Waals surface area contributed by atoms with E-state index in [1.54, 1.807) is 30.3 Å². The molecule has 0 spiro atoms. The molecule has 2 amide bonds. The molecule has 18 heavy (non-hydrogen) atoms. The summed E-state index contributed by atoms with van der Waals surface area (Å²) in [5, 5.41) is 5.29. The van der Waals surface area contributed by atoms with Crippen LogP contribution >= 0.6 is 0 Å². The molecular formula is C13H12N2O3. The Morgan fingerprint density at radius 3 is 2.67 bits per heavy atom. The highest BCUT2D eigenvalue weighted by molar-refractivity contribution is 6.03. The molecule has 0 aliphatic rings. The van der Waals surface area contributed by atoms with Gasteiger partial charge in [0.15, 0.2) is 5.76 Å². The molecule has 2 aromatic rings. The van der Waals surface area contributed by atoms with E-state index in [-0.39, 0.29) is 11.7 Å². The highest BCUT2D eigenvalue weighted by Crippen LogP contribution is 2.23. The summed E-state index contributed by atoms with van der Waals surface area (Å²) in [6.07, 6.45) is 2.03. The first-order chi connectivity index (χ1) is 8.72. The Morgan fingerprint density at radius 2 is 2.00 bits per heavy atom. The van der Waals surface area contributed by atoms with Crippen molar-refractivity contribution in [3.05, 3.63) is 47.9 Å². The van der Waals surface area contributed by atoms with Crippen LogP contribution in [0.4, 0.5) is 11.4 Å². The van der Waals surface area contributed by atoms with Crippen LogP contribution in [0.3, 0.4) is 0 Å². The van der Waals surface area contributed by atoms with Crippen molar-refractivity contribution in [2.24, 2.45) is 0 Å². The van der Waals surface area contributed by atoms with Crippen molar-refractivity contribution in [1.82, 2.24) is 0 Å². The molecule has 5 nitrogen and oxygen atoms in total. The molecule has 0 unspecified atom stereocenters. The van der Waals surface area contributed by atoms with Crippen molar-refractivity contribution < 1.29 is 14.0 Å². The van der Waals surface area contributed by atoms with Crippen LogP contribution in [0.1, 0.15) is 16.1 Å². The zero-order valence-corrected chi connectivity index (χ0v) is 9.77. The van der Waals surface area contributed by atoms with E-state index in [1.165, 1.54) is 6.26 Å². The number of carbonyl (C=O) groups excluding carboxylic acids is 2. The molecule has 0 atom stereocenters. The maximum absolute atomic E-state index is 11.8. The van der Waals surface area contributed by atoms with Gasteiger partial charge in [-0.3, -0.25) is 9.59 Å². The van der Waals surface area contributed by atoms with Gasteiger partial charge < -0.3 is 15.1 Å². The first-order valence-electron chi connectivity index (χ1n) is 5.37. The maximum atomic E-state index is 11.8. The van der Waals surface area contributed by atoms with Crippen LogP contribution in [0.5, 0.6) is 0 Å². The van der Waals surface area contributed by atoms with Gasteiger partial charge in [0.05, 0.1) is 6.26 Å². The normalized spacial score (nSPS) is 9.83. The van der Waals surface area contributed by atoms with Gasteiger partial charge in [-0.1, -0.05) is 6.07 Å². The number of carbonyl (C=O) groups is 2. The van der Waals surface area contributed by atoms with E-state index in [0.29, 0.717) is 17.8 Å². The minimum absolute atomic E-state index is 0.239. The predicted octanol–water partition coefficient (Wildman–Crippen LogP) is 2.41. The van der Waals surface area contributed by atoms with Gasteiger partial charge >= 0.3 is 0 Å². The molecule has 0 saturated heterocycles. The Bertz CT molecular complexity index is 562. The fourth-order valence-electron chi connectivity index (χ4n) is 1.58. The smallest absolute Gasteiger partial charge is 0.291 e. The fraction of sp³-hybridized carbons (Fsp3) is 0.0769. The van der Waals surface area contributed by atoms with E-state index in [4.69, 9.17) is 4.42 Å². The number of amides is 2. The molecule has 2 rings (SSSR count). The summed E-state index contributed by atoms with van der Waals surface area (Å²) in [5.41, 5.74) is 2.06. The van der Waals surface area contributed by atoms with Crippen LogP contribution in [0.15, 0.2) is 41.0 Å². The van der Waals surface area contributed by atoms with Gasteiger partial charge in [0.2, 0.25) is 6.41 Å². The largest absolute Gasteiger partial charge is 0.459 e. The Kier molecular flexibility index (Phi) is 3.43. The van der Waals surface area contributed by atoms with Crippen LogP contribution in [0.2, 0.25) is 0 Å². The second kappa shape index (κ2) is 5.18. The summed E-state index contributed by atoms with van der Waals surface area (Å²) in [4.78, 5) is 22.2. The van der Waals surface area contributed by atoms with Crippen LogP contribution in [0, 0.1) is 6.92 Å². The summed E-state index contributed by atoms with van der Waals surface area (Å²) in [6, 6.07) is 8.49. The van der Waals surface area contributed by atoms with Crippen molar-refractivity contribution in [2.45, 2.75) is 6.92 Å². The highest BCUT2D eigenvalue weighted by Gasteiger charge is 2.11. The quantitative estimate of drug-likeness (QED) is 0.811. The second-order valence-corrected chi connectivity index (χ2v) is 3.67. The molecule has 0 radical (unpaired) electrons. The van der Waals surface area contributed by atoms with Gasteiger partial charge in [-0.25, -0.2) is 0 Å². The topological polar surface area (TPSA) is 71.3 Å². The van der Waals surface area contributed by atoms with Crippen molar-refractivity contribution in [3.63, 3.8) is 0 Å². The van der Waals surface area contributed by atoms with Crippen LogP contribution in [-0.2, 0) is 4.79 Å². The molecule has 92 valence electrons. The van der Waals surface area contributed by atoms with E-state index in [9.17, 15) is 9.59 Å². The zero-order valence-electron chi connectivity index (χ0n) is 9.77. The number of furan rings is 1. The van der Waals surface area contributed by atoms with E-state index in [2.05, 4.69) is 10.6 Å². The minimum atomic E-state index is -0.327. The number of nitrogens with one attached hydrogen (secondary N) is 2. The highest BCUT2D eigenvalue weighted by atomic mass is 16.3. The lowest BCUT2D eigenvalue weighted by Gasteiger charge is -2.10. The third kappa shape index (κ3) is 2.40. The van der Waals surface area contributed by atoms with Gasteiger partial charge in [0.25, 0.3) is 5.91 Å². The third-order valence-corrected chi connectivity index (χ3v) is 2.54. The minimum Gasteiger partial charge on any atom is -0.459 e. The first kappa shape index (κ1) is 11.9. The molecule has 1 heterocycles. The fourth-order valence-corrected chi connectivity index (χ4v) is 1.58. The predicted molar refractivity (Wildman–Crippen MR) is 67.5 cm³/mol. The molecule has 0 aliphatic heterocycles. The Balaban J connectivity index is 2.21. The lowest BCUT2D eigenvalue weighted by molar-refractivity contribution is -0.105. The summed E-state index contributed by atoms with van der Waals surface area (Å²) in [6.45, 7) is 1.81. The van der Waals surface area contributed by atoms with Crippen molar-refractivity contribution in [2.75, 3.05) is 10.6 Å². The number of benzene rings is 1.